The minimum absolute atomic E-state index is 0.0351. The normalized spacial score (nSPS) is 32.2. The second kappa shape index (κ2) is 10.9. The fraction of sp³-hybridized carbons (Fsp3) is 0.568. The van der Waals surface area contributed by atoms with Gasteiger partial charge >= 0.3 is 10.2 Å². The van der Waals surface area contributed by atoms with Crippen LogP contribution in [0.4, 0.5) is 0 Å². The lowest BCUT2D eigenvalue weighted by Crippen LogP contribution is -2.56. The number of aromatic nitrogens is 1. The molecule has 2 N–H and O–H groups in total. The van der Waals surface area contributed by atoms with Gasteiger partial charge in [-0.2, -0.15) is 12.7 Å². The predicted molar refractivity (Wildman–Crippen MR) is 184 cm³/mol. The summed E-state index contributed by atoms with van der Waals surface area (Å²) < 4.78 is 43.7. The van der Waals surface area contributed by atoms with Crippen molar-refractivity contribution in [2.24, 2.45) is 10.8 Å². The Morgan fingerprint density at radius 2 is 1.82 bits per heavy atom. The molecule has 1 saturated carbocycles. The Bertz CT molecular complexity index is 1970. The van der Waals surface area contributed by atoms with Gasteiger partial charge in [0.15, 0.2) is 5.60 Å². The van der Waals surface area contributed by atoms with Crippen molar-refractivity contribution in [3.05, 3.63) is 70.0 Å². The van der Waals surface area contributed by atoms with Gasteiger partial charge in [-0.05, 0) is 47.1 Å². The van der Waals surface area contributed by atoms with Crippen LogP contribution in [0.2, 0.25) is 0 Å². The number of fused-ring (bicyclic) bond motifs is 6. The smallest absolute Gasteiger partial charge is 0.303 e. The number of rotatable bonds is 6. The highest BCUT2D eigenvalue weighted by Crippen LogP contribution is 2.58. The third-order valence-electron chi connectivity index (χ3n) is 13.0. The van der Waals surface area contributed by atoms with Crippen LogP contribution in [0.1, 0.15) is 61.6 Å². The number of hydrogen-bond donors (Lipinski definition) is 2. The first kappa shape index (κ1) is 31.7. The molecule has 260 valence electrons. The van der Waals surface area contributed by atoms with Gasteiger partial charge in [-0.25, -0.2) is 4.72 Å². The monoisotopic (exact) mass is 687 g/mol. The summed E-state index contributed by atoms with van der Waals surface area (Å²) in [5, 5.41) is 4.69. The number of likely N-dealkylation sites (tertiary alicyclic amines) is 1. The predicted octanol–water partition coefficient (Wildman–Crippen LogP) is 3.11. The molecule has 4 aliphatic heterocycles. The van der Waals surface area contributed by atoms with Crippen LogP contribution >= 0.6 is 0 Å². The fourth-order valence-electron chi connectivity index (χ4n) is 10.4. The topological polar surface area (TPSA) is 122 Å². The van der Waals surface area contributed by atoms with Crippen molar-refractivity contribution < 1.29 is 27.5 Å². The molecule has 5 heterocycles. The van der Waals surface area contributed by atoms with E-state index in [1.807, 2.05) is 17.1 Å². The molecule has 1 aromatic carbocycles. The molecule has 49 heavy (non-hydrogen) atoms. The maximum atomic E-state index is 15.2. The Morgan fingerprint density at radius 1 is 1.08 bits per heavy atom. The second-order valence-corrected chi connectivity index (χ2v) is 17.5. The van der Waals surface area contributed by atoms with E-state index < -0.39 is 27.6 Å². The number of benzene rings is 1. The Balaban J connectivity index is 1.21. The van der Waals surface area contributed by atoms with Gasteiger partial charge in [0.2, 0.25) is 0 Å². The molecule has 4 atom stereocenters. The van der Waals surface area contributed by atoms with E-state index in [4.69, 9.17) is 9.47 Å². The first-order valence-corrected chi connectivity index (χ1v) is 19.1. The van der Waals surface area contributed by atoms with E-state index in [1.165, 1.54) is 38.9 Å². The molecule has 3 aliphatic carbocycles. The summed E-state index contributed by atoms with van der Waals surface area (Å²) in [6.07, 6.45) is 10.3. The summed E-state index contributed by atoms with van der Waals surface area (Å²) in [4.78, 5) is 31.0. The maximum absolute atomic E-state index is 15.2. The van der Waals surface area contributed by atoms with E-state index in [0.717, 1.165) is 63.6 Å². The maximum Gasteiger partial charge on any atom is 0.303 e. The van der Waals surface area contributed by atoms with E-state index in [9.17, 15) is 13.2 Å². The average molecular weight is 688 g/mol. The number of ether oxygens (including phenoxy) is 2. The number of methoxy groups -OCH3 is 1. The highest BCUT2D eigenvalue weighted by atomic mass is 32.2. The summed E-state index contributed by atoms with van der Waals surface area (Å²) >= 11 is 0. The van der Waals surface area contributed by atoms with Crippen molar-refractivity contribution in [3.63, 3.8) is 0 Å². The first-order valence-electron chi connectivity index (χ1n) is 17.7. The van der Waals surface area contributed by atoms with Crippen molar-refractivity contribution in [1.29, 1.82) is 0 Å². The van der Waals surface area contributed by atoms with Gasteiger partial charge in [-0.1, -0.05) is 49.6 Å². The van der Waals surface area contributed by atoms with Crippen molar-refractivity contribution >= 4 is 32.9 Å². The quantitative estimate of drug-likeness (QED) is 0.479. The summed E-state index contributed by atoms with van der Waals surface area (Å²) in [6, 6.07) is 8.77. The van der Waals surface area contributed by atoms with E-state index in [1.54, 1.807) is 7.11 Å². The van der Waals surface area contributed by atoms with Crippen LogP contribution in [-0.2, 0) is 35.8 Å². The summed E-state index contributed by atoms with van der Waals surface area (Å²) in [5.74, 6) is -0.746. The zero-order valence-electron chi connectivity index (χ0n) is 28.5. The first-order chi connectivity index (χ1) is 23.5. The van der Waals surface area contributed by atoms with Crippen LogP contribution in [0, 0.1) is 10.8 Å². The lowest BCUT2D eigenvalue weighted by molar-refractivity contribution is -0.157. The van der Waals surface area contributed by atoms with Crippen molar-refractivity contribution in [2.45, 2.75) is 62.5 Å². The minimum atomic E-state index is -4.01. The zero-order chi connectivity index (χ0) is 33.9. The van der Waals surface area contributed by atoms with Gasteiger partial charge in [0.05, 0.1) is 30.2 Å². The molecule has 3 unspecified atom stereocenters. The fourth-order valence-corrected chi connectivity index (χ4v) is 10.9. The Hall–Kier alpha value is -3.29. The van der Waals surface area contributed by atoms with E-state index in [0.29, 0.717) is 50.8 Å². The standard InChI is InChI=1S/C37H45N5O6S/c1-40(2)49(45,46)39-33(43)30-27-16-42-28(15-24-11-7-12-25(32(24)42)23-9-5-4-6-10-23)31-26(29(27)30)13-8-14-37(31,47-3)34(44)41-19-35-17-38-18-36(35,20-41)22-48-21-35/h7-8,11-13,15,23,31,38H,4-6,9-10,14,16-22H2,1-3H3,(H,39,43)/t31?,35?,36?,37-/m0/s1. The van der Waals surface area contributed by atoms with Gasteiger partial charge in [0.25, 0.3) is 11.8 Å². The highest BCUT2D eigenvalue weighted by molar-refractivity contribution is 7.87. The summed E-state index contributed by atoms with van der Waals surface area (Å²) in [5.41, 5.74) is 4.78. The van der Waals surface area contributed by atoms with Crippen molar-refractivity contribution in [3.8, 4) is 0 Å². The second-order valence-electron chi connectivity index (χ2n) is 15.6. The van der Waals surface area contributed by atoms with Gasteiger partial charge in [-0.15, -0.1) is 0 Å². The number of carbonyl (C=O) groups is 2. The number of hydrogen-bond acceptors (Lipinski definition) is 7. The van der Waals surface area contributed by atoms with Gasteiger partial charge < -0.3 is 24.3 Å². The lowest BCUT2D eigenvalue weighted by atomic mass is 9.71. The van der Waals surface area contributed by atoms with Crippen LogP contribution in [0.3, 0.4) is 0 Å². The molecule has 4 fully saturated rings. The van der Waals surface area contributed by atoms with E-state index in [2.05, 4.69) is 38.9 Å². The molecule has 0 spiro atoms. The van der Waals surface area contributed by atoms with Gasteiger partial charge in [-0.3, -0.25) is 9.59 Å². The molecule has 11 nitrogen and oxygen atoms in total. The molecule has 2 aromatic rings. The number of carbonyl (C=O) groups excluding carboxylic acids is 2. The number of allylic oxidation sites excluding steroid dienone is 2. The Kier molecular flexibility index (Phi) is 7.02. The SMILES string of the molecule is CO[C@@]1(C(=O)N2CC34CNCC3(COC4)C2)CC=CC2=C3C(=C3C(=O)NS(=O)(=O)N(C)C)Cn3c(cc4cccc(C5CCCCC5)c43)C21. The minimum Gasteiger partial charge on any atom is -0.380 e. The molecular formula is C37H45N5O6S. The third kappa shape index (κ3) is 4.36. The van der Waals surface area contributed by atoms with Crippen LogP contribution in [-0.4, -0.2) is 100 Å². The Morgan fingerprint density at radius 3 is 2.51 bits per heavy atom. The number of para-hydroxylation sites is 1. The summed E-state index contributed by atoms with van der Waals surface area (Å²) in [7, 11) is 0.424. The molecule has 3 saturated heterocycles. The highest BCUT2D eigenvalue weighted by Gasteiger charge is 2.67. The molecule has 2 amide bonds. The van der Waals surface area contributed by atoms with Crippen LogP contribution < -0.4 is 10.0 Å². The molecule has 0 bridgehead atoms. The molecule has 1 aromatic heterocycles. The van der Waals surface area contributed by atoms with Crippen LogP contribution in [0.15, 0.2) is 58.7 Å². The largest absolute Gasteiger partial charge is 0.380 e. The number of nitrogens with zero attached hydrogens (tertiary/aromatic N) is 3. The van der Waals surface area contributed by atoms with Crippen LogP contribution in [0.25, 0.3) is 10.9 Å². The third-order valence-corrected chi connectivity index (χ3v) is 14.4. The van der Waals surface area contributed by atoms with Gasteiger partial charge in [0, 0.05) is 82.3 Å². The summed E-state index contributed by atoms with van der Waals surface area (Å²) in [6.45, 7) is 4.58. The van der Waals surface area contributed by atoms with Crippen molar-refractivity contribution in [2.75, 3.05) is 60.6 Å². The Labute approximate surface area is 287 Å². The van der Waals surface area contributed by atoms with Gasteiger partial charge in [0.1, 0.15) is 0 Å². The molecule has 0 radical (unpaired) electrons. The molecular weight excluding hydrogens is 643 g/mol. The lowest BCUT2D eigenvalue weighted by Gasteiger charge is -2.43. The molecule has 12 heteroatoms. The van der Waals surface area contributed by atoms with E-state index in [-0.39, 0.29) is 16.7 Å². The average Bonchev–Trinajstić information content (AvgIpc) is 3.25. The van der Waals surface area contributed by atoms with E-state index >= 15 is 4.79 Å². The number of amides is 2. The molecule has 9 rings (SSSR count). The molecule has 7 aliphatic rings. The van der Waals surface area contributed by atoms with Crippen molar-refractivity contribution in [1.82, 2.24) is 23.8 Å². The van der Waals surface area contributed by atoms with Crippen LogP contribution in [0.5, 0.6) is 0 Å². The zero-order valence-corrected chi connectivity index (χ0v) is 29.3. The number of nitrogens with one attached hydrogen (secondary N) is 2.